The molecule has 8 heteroatoms. The Morgan fingerprint density at radius 2 is 0.739 bits per heavy atom. The monoisotopic (exact) mass is 1220 g/mol. The maximum absolute atomic E-state index is 15.0. The van der Waals surface area contributed by atoms with E-state index in [0.717, 1.165) is 48.5 Å². The van der Waals surface area contributed by atoms with Gasteiger partial charge in [0.1, 0.15) is 22.4 Å². The highest BCUT2D eigenvalue weighted by atomic mass is 32.1. The first kappa shape index (κ1) is 60.6. The van der Waals surface area contributed by atoms with Gasteiger partial charge in [0.05, 0.1) is 22.8 Å². The van der Waals surface area contributed by atoms with Crippen LogP contribution in [0.5, 0.6) is 0 Å². The molecule has 1 aliphatic heterocycles. The number of nitrogens with zero attached hydrogens (tertiary/aromatic N) is 4. The van der Waals surface area contributed by atoms with Gasteiger partial charge in [-0.2, -0.15) is 8.75 Å². The van der Waals surface area contributed by atoms with Crippen molar-refractivity contribution in [3.8, 4) is 75.4 Å². The van der Waals surface area contributed by atoms with Gasteiger partial charge in [0.25, 0.3) is 5.91 Å². The second-order valence-electron chi connectivity index (χ2n) is 26.2. The molecule has 0 atom stereocenters. The fourth-order valence-corrected chi connectivity index (χ4v) is 18.7. The first-order valence-corrected chi connectivity index (χ1v) is 36.8. The third-order valence-corrected chi connectivity index (χ3v) is 23.4. The van der Waals surface area contributed by atoms with Gasteiger partial charge in [-0.05, 0) is 124 Å². The summed E-state index contributed by atoms with van der Waals surface area (Å²) in [7, 11) is 0. The molecule has 0 spiro atoms. The molecular formula is C80H90N4OS3. The molecule has 0 unspecified atom stereocenters. The Kier molecular flexibility index (Phi) is 18.9. The molecular weight excluding hydrogens is 1130 g/mol. The van der Waals surface area contributed by atoms with Gasteiger partial charge in [-0.1, -0.05) is 273 Å². The van der Waals surface area contributed by atoms with Gasteiger partial charge in [0.15, 0.2) is 0 Å². The first-order valence-electron chi connectivity index (χ1n) is 34.5. The zero-order valence-corrected chi connectivity index (χ0v) is 55.4. The van der Waals surface area contributed by atoms with E-state index in [0.29, 0.717) is 11.4 Å². The van der Waals surface area contributed by atoms with E-state index in [4.69, 9.17) is 13.7 Å². The molecule has 0 bridgehead atoms. The third-order valence-electron chi connectivity index (χ3n) is 20.6. The maximum atomic E-state index is 15.0. The van der Waals surface area contributed by atoms with Crippen LogP contribution in [-0.4, -0.2) is 24.2 Å². The minimum Gasteiger partial charge on any atom is -0.268 e. The second-order valence-corrected chi connectivity index (χ2v) is 28.9. The molecule has 0 saturated carbocycles. The van der Waals surface area contributed by atoms with Crippen molar-refractivity contribution < 1.29 is 4.79 Å². The SMILES string of the molecule is CCCCCCCCC1(CCCCCCCC)c2ccccc2-c2ccc(-c3ccc(-c4c5nsnc5c(-c5ccc(-c6ccc7c(c6)C(CCCCCCCC)(CCCCCCCC)c6ccccc6-7)s5)c5c4nc4n5C(=O)c5ccccc5-4)s3)cc21. The molecule has 3 aliphatic rings. The van der Waals surface area contributed by atoms with Gasteiger partial charge >= 0.3 is 0 Å². The number of benzene rings is 6. The smallest absolute Gasteiger partial charge is 0.264 e. The average molecular weight is 1220 g/mol. The van der Waals surface area contributed by atoms with Crippen LogP contribution in [0, 0.1) is 0 Å². The summed E-state index contributed by atoms with van der Waals surface area (Å²) in [6.07, 6.45) is 36.0. The summed E-state index contributed by atoms with van der Waals surface area (Å²) in [6, 6.07) is 50.7. The van der Waals surface area contributed by atoms with Crippen LogP contribution < -0.4 is 0 Å². The minimum atomic E-state index is -0.0405. The highest BCUT2D eigenvalue weighted by Crippen LogP contribution is 2.58. The lowest BCUT2D eigenvalue weighted by Crippen LogP contribution is -2.25. The lowest BCUT2D eigenvalue weighted by atomic mass is 9.70. The van der Waals surface area contributed by atoms with E-state index < -0.39 is 0 Å². The van der Waals surface area contributed by atoms with Crippen molar-refractivity contribution in [1.82, 2.24) is 18.3 Å². The highest BCUT2D eigenvalue weighted by molar-refractivity contribution is 7.19. The number of thiophene rings is 2. The summed E-state index contributed by atoms with van der Waals surface area (Å²) in [4.78, 5) is 25.2. The molecule has 0 N–H and O–H groups in total. The van der Waals surface area contributed by atoms with Crippen LogP contribution in [0.15, 0.2) is 133 Å². The molecule has 5 heterocycles. The fraction of sp³-hybridized carbons (Fsp3) is 0.425. The Hall–Kier alpha value is -6.32. The van der Waals surface area contributed by atoms with Gasteiger partial charge in [-0.15, -0.1) is 22.7 Å². The van der Waals surface area contributed by atoms with Crippen molar-refractivity contribution in [3.05, 3.63) is 161 Å². The van der Waals surface area contributed by atoms with E-state index in [1.165, 1.54) is 257 Å². The highest BCUT2D eigenvalue weighted by Gasteiger charge is 2.44. The van der Waals surface area contributed by atoms with E-state index in [9.17, 15) is 0 Å². The van der Waals surface area contributed by atoms with Crippen molar-refractivity contribution in [1.29, 1.82) is 0 Å². The summed E-state index contributed by atoms with van der Waals surface area (Å²) in [5, 5.41) is 0. The zero-order chi connectivity index (χ0) is 60.0. The van der Waals surface area contributed by atoms with E-state index in [1.54, 1.807) is 11.3 Å². The topological polar surface area (TPSA) is 60.7 Å². The molecule has 10 aromatic rings. The van der Waals surface area contributed by atoms with E-state index >= 15 is 4.79 Å². The average Bonchev–Trinajstić information content (AvgIpc) is 1.60. The minimum absolute atomic E-state index is 0.00307. The Morgan fingerprint density at radius 3 is 1.20 bits per heavy atom. The standard InChI is InChI=1S/C80H90N4OS3/c1-5-9-13-17-21-31-49-79(50-32-22-18-14-10-6-2)63-39-29-27-35-57(63)59-43-41-55(53-65(59)79)67-45-47-69(86-67)71-73-74(83-88-82-73)72(76-75(71)81-77-61-37-25-26-38-62(61)78(85)84(76)77)70-48-46-68(87-70)56-42-44-60-58-36-28-30-40-64(58)80(66(60)54-56,51-33-23-19-15-11-7-3)52-34-24-20-16-12-8-4/h25-30,35-48,53-54H,5-24,31-34,49-52H2,1-4H3. The van der Waals surface area contributed by atoms with Crippen LogP contribution >= 0.6 is 34.4 Å². The predicted molar refractivity (Wildman–Crippen MR) is 378 cm³/mol. The summed E-state index contributed by atoms with van der Waals surface area (Å²) in [5.41, 5.74) is 21.0. The third kappa shape index (κ3) is 11.3. The predicted octanol–water partition coefficient (Wildman–Crippen LogP) is 25.0. The number of rotatable bonds is 32. The molecule has 4 aromatic heterocycles. The van der Waals surface area contributed by atoms with Crippen LogP contribution in [0.4, 0.5) is 0 Å². The maximum Gasteiger partial charge on any atom is 0.264 e. The molecule has 0 saturated heterocycles. The number of carbonyl (C=O) groups excluding carboxylic acids is 1. The molecule has 6 aromatic carbocycles. The first-order chi connectivity index (χ1) is 43.4. The Balaban J connectivity index is 0.886. The van der Waals surface area contributed by atoms with Crippen molar-refractivity contribution in [3.63, 3.8) is 0 Å². The van der Waals surface area contributed by atoms with Crippen LogP contribution in [0.3, 0.4) is 0 Å². The van der Waals surface area contributed by atoms with Crippen LogP contribution in [0.2, 0.25) is 0 Å². The number of hydrogen-bond donors (Lipinski definition) is 0. The van der Waals surface area contributed by atoms with Crippen LogP contribution in [0.1, 0.15) is 240 Å². The molecule has 2 aliphatic carbocycles. The second kappa shape index (κ2) is 27.4. The van der Waals surface area contributed by atoms with E-state index in [1.807, 2.05) is 34.1 Å². The van der Waals surface area contributed by atoms with Crippen molar-refractivity contribution in [2.45, 2.75) is 218 Å². The molecule has 0 fully saturated rings. The number of unbranched alkanes of at least 4 members (excludes halogenated alkanes) is 20. The van der Waals surface area contributed by atoms with Crippen LogP contribution in [0.25, 0.3) is 97.5 Å². The van der Waals surface area contributed by atoms with Gasteiger partial charge in [-0.25, -0.2) is 4.98 Å². The van der Waals surface area contributed by atoms with Crippen molar-refractivity contribution >= 4 is 62.4 Å². The van der Waals surface area contributed by atoms with Crippen LogP contribution in [-0.2, 0) is 10.8 Å². The van der Waals surface area contributed by atoms with E-state index in [2.05, 4.69) is 143 Å². The number of fused-ring (bicyclic) bond motifs is 12. The van der Waals surface area contributed by atoms with E-state index in [-0.39, 0.29) is 16.7 Å². The molecule has 0 amide bonds. The van der Waals surface area contributed by atoms with Gasteiger partial charge < -0.3 is 0 Å². The lowest BCUT2D eigenvalue weighted by Gasteiger charge is -2.33. The molecule has 454 valence electrons. The normalized spacial score (nSPS) is 14.0. The van der Waals surface area contributed by atoms with Crippen molar-refractivity contribution in [2.75, 3.05) is 0 Å². The molecule has 88 heavy (non-hydrogen) atoms. The van der Waals surface area contributed by atoms with Gasteiger partial charge in [0, 0.05) is 47.0 Å². The Labute approximate surface area is 536 Å². The summed E-state index contributed by atoms with van der Waals surface area (Å²) >= 11 is 4.89. The summed E-state index contributed by atoms with van der Waals surface area (Å²) < 4.78 is 12.3. The summed E-state index contributed by atoms with van der Waals surface area (Å²) in [6.45, 7) is 9.27. The summed E-state index contributed by atoms with van der Waals surface area (Å²) in [5.74, 6) is 0.653. The largest absolute Gasteiger partial charge is 0.268 e. The zero-order valence-electron chi connectivity index (χ0n) is 52.9. The Bertz CT molecular complexity index is 4040. The number of imidazole rings is 1. The van der Waals surface area contributed by atoms with Crippen molar-refractivity contribution in [2.24, 2.45) is 0 Å². The number of carbonyl (C=O) groups is 1. The Morgan fingerprint density at radius 1 is 0.364 bits per heavy atom. The van der Waals surface area contributed by atoms with Gasteiger partial charge in [-0.3, -0.25) is 9.36 Å². The molecule has 5 nitrogen and oxygen atoms in total. The molecule has 0 radical (unpaired) electrons. The fourth-order valence-electron chi connectivity index (χ4n) is 16.0. The number of hydrogen-bond acceptors (Lipinski definition) is 7. The van der Waals surface area contributed by atoms with Gasteiger partial charge in [0.2, 0.25) is 0 Å². The molecule has 13 rings (SSSR count). The lowest BCUT2D eigenvalue weighted by molar-refractivity contribution is 0.0973. The quantitative estimate of drug-likeness (QED) is 0.0394. The number of aromatic nitrogens is 4.